The van der Waals surface area contributed by atoms with E-state index in [1.54, 1.807) is 39.0 Å². The monoisotopic (exact) mass is 305 g/mol. The average Bonchev–Trinajstić information content (AvgIpc) is 2.80. The zero-order valence-electron chi connectivity index (χ0n) is 12.6. The van der Waals surface area contributed by atoms with Gasteiger partial charge in [0.15, 0.2) is 0 Å². The van der Waals surface area contributed by atoms with E-state index < -0.39 is 17.2 Å². The number of hydrogen-bond donors (Lipinski definition) is 1. The van der Waals surface area contributed by atoms with Gasteiger partial charge in [-0.05, 0) is 44.5 Å². The van der Waals surface area contributed by atoms with E-state index in [-0.39, 0.29) is 0 Å². The van der Waals surface area contributed by atoms with E-state index in [2.05, 4.69) is 5.32 Å². The van der Waals surface area contributed by atoms with Gasteiger partial charge in [0, 0.05) is 10.3 Å². The number of ether oxygens (including phenoxy) is 1. The molecule has 1 aromatic heterocycles. The largest absolute Gasteiger partial charge is 0.444 e. The summed E-state index contributed by atoms with van der Waals surface area (Å²) in [5.74, 6) is 0. The molecule has 2 aromatic rings. The van der Waals surface area contributed by atoms with Crippen LogP contribution < -0.4 is 5.32 Å². The summed E-state index contributed by atoms with van der Waals surface area (Å²) in [6.45, 7) is 7.03. The topological polar surface area (TPSA) is 55.4 Å². The first-order valence-corrected chi connectivity index (χ1v) is 7.57. The van der Waals surface area contributed by atoms with Crippen molar-refractivity contribution in [1.29, 1.82) is 0 Å². The number of benzene rings is 1. The third kappa shape index (κ3) is 3.42. The molecule has 1 amide bonds. The van der Waals surface area contributed by atoms with Gasteiger partial charge in [0.05, 0.1) is 0 Å². The predicted octanol–water partition coefficient (Wildman–Crippen LogP) is 3.84. The summed E-state index contributed by atoms with van der Waals surface area (Å²) in [6.07, 6.45) is 0.137. The van der Waals surface area contributed by atoms with Gasteiger partial charge in [-0.2, -0.15) is 0 Å². The number of rotatable bonds is 3. The number of hydrogen-bond acceptors (Lipinski definition) is 4. The molecule has 2 rings (SSSR count). The van der Waals surface area contributed by atoms with Gasteiger partial charge in [0.1, 0.15) is 17.4 Å². The minimum Gasteiger partial charge on any atom is -0.444 e. The fraction of sp³-hybridized carbons (Fsp3) is 0.375. The molecule has 0 saturated carbocycles. The van der Waals surface area contributed by atoms with Crippen LogP contribution in [0.1, 0.15) is 33.3 Å². The summed E-state index contributed by atoms with van der Waals surface area (Å²) in [5.41, 5.74) is -0.934. The van der Waals surface area contributed by atoms with Gasteiger partial charge in [-0.1, -0.05) is 18.2 Å². The maximum absolute atomic E-state index is 12.0. The molecule has 5 heteroatoms. The number of aldehydes is 1. The van der Waals surface area contributed by atoms with Crippen LogP contribution in [0.4, 0.5) is 4.79 Å². The highest BCUT2D eigenvalue weighted by molar-refractivity contribution is 7.17. The van der Waals surface area contributed by atoms with Crippen molar-refractivity contribution in [2.75, 3.05) is 0 Å². The molecule has 21 heavy (non-hydrogen) atoms. The highest BCUT2D eigenvalue weighted by atomic mass is 32.1. The second-order valence-electron chi connectivity index (χ2n) is 6.09. The van der Waals surface area contributed by atoms with E-state index in [0.29, 0.717) is 0 Å². The molecule has 0 bridgehead atoms. The van der Waals surface area contributed by atoms with Gasteiger partial charge >= 0.3 is 6.09 Å². The van der Waals surface area contributed by atoms with E-state index in [9.17, 15) is 9.59 Å². The Bertz CT molecular complexity index is 671. The maximum Gasteiger partial charge on any atom is 0.408 e. The van der Waals surface area contributed by atoms with Gasteiger partial charge in [-0.15, -0.1) is 11.3 Å². The summed E-state index contributed by atoms with van der Waals surface area (Å²) in [7, 11) is 0. The smallest absolute Gasteiger partial charge is 0.408 e. The van der Waals surface area contributed by atoms with Crippen molar-refractivity contribution in [2.45, 2.75) is 38.8 Å². The Morgan fingerprint density at radius 1 is 1.24 bits per heavy atom. The third-order valence-corrected chi connectivity index (χ3v) is 4.00. The van der Waals surface area contributed by atoms with Gasteiger partial charge in [-0.3, -0.25) is 0 Å². The minimum absolute atomic E-state index is 0.604. The van der Waals surface area contributed by atoms with Crippen LogP contribution in [0.25, 0.3) is 10.1 Å². The van der Waals surface area contributed by atoms with E-state index in [1.807, 2.05) is 29.6 Å². The highest BCUT2D eigenvalue weighted by Crippen LogP contribution is 2.32. The zero-order valence-corrected chi connectivity index (χ0v) is 13.4. The van der Waals surface area contributed by atoms with Crippen molar-refractivity contribution >= 4 is 33.8 Å². The normalized spacial score (nSPS) is 14.5. The van der Waals surface area contributed by atoms with Crippen molar-refractivity contribution in [3.63, 3.8) is 0 Å². The van der Waals surface area contributed by atoms with Crippen molar-refractivity contribution < 1.29 is 14.3 Å². The molecule has 0 radical (unpaired) electrons. The Hall–Kier alpha value is -1.88. The molecule has 1 atom stereocenters. The second-order valence-corrected chi connectivity index (χ2v) is 7.00. The molecule has 0 spiro atoms. The lowest BCUT2D eigenvalue weighted by Crippen LogP contribution is -2.46. The Kier molecular flexibility index (Phi) is 4.05. The van der Waals surface area contributed by atoms with E-state index in [4.69, 9.17) is 4.74 Å². The van der Waals surface area contributed by atoms with Gasteiger partial charge in [0.25, 0.3) is 0 Å². The Labute approximate surface area is 128 Å². The standard InChI is InChI=1S/C16H19NO3S/c1-15(2,3)20-14(19)17-16(4,10-18)12-9-21-13-8-6-5-7-11(12)13/h5-10H,1-4H3,(H,17,19). The van der Waals surface area contributed by atoms with Crippen LogP contribution in [0.5, 0.6) is 0 Å². The van der Waals surface area contributed by atoms with Crippen molar-refractivity contribution in [2.24, 2.45) is 0 Å². The molecule has 0 aliphatic carbocycles. The Balaban J connectivity index is 2.33. The van der Waals surface area contributed by atoms with Crippen molar-refractivity contribution in [1.82, 2.24) is 5.32 Å². The lowest BCUT2D eigenvalue weighted by molar-refractivity contribution is -0.113. The number of amides is 1. The van der Waals surface area contributed by atoms with E-state index in [0.717, 1.165) is 21.9 Å². The Morgan fingerprint density at radius 2 is 1.90 bits per heavy atom. The molecule has 0 saturated heterocycles. The summed E-state index contributed by atoms with van der Waals surface area (Å²) < 4.78 is 6.32. The van der Waals surface area contributed by atoms with Crippen LogP contribution in [0.2, 0.25) is 0 Å². The van der Waals surface area contributed by atoms with Crippen LogP contribution in [0.3, 0.4) is 0 Å². The van der Waals surface area contributed by atoms with Gasteiger partial charge in [0.2, 0.25) is 0 Å². The molecule has 0 aliphatic rings. The molecule has 4 nitrogen and oxygen atoms in total. The Morgan fingerprint density at radius 3 is 2.52 bits per heavy atom. The highest BCUT2D eigenvalue weighted by Gasteiger charge is 2.32. The summed E-state index contributed by atoms with van der Waals surface area (Å²) >= 11 is 1.55. The van der Waals surface area contributed by atoms with E-state index >= 15 is 0 Å². The molecular formula is C16H19NO3S. The van der Waals surface area contributed by atoms with Crippen LogP contribution in [-0.2, 0) is 15.1 Å². The van der Waals surface area contributed by atoms with Crippen LogP contribution >= 0.6 is 11.3 Å². The molecular weight excluding hydrogens is 286 g/mol. The van der Waals surface area contributed by atoms with E-state index in [1.165, 1.54) is 0 Å². The fourth-order valence-electron chi connectivity index (χ4n) is 2.06. The summed E-state index contributed by atoms with van der Waals surface area (Å²) in [5, 5.41) is 5.54. The quantitative estimate of drug-likeness (QED) is 0.877. The lowest BCUT2D eigenvalue weighted by Gasteiger charge is -2.27. The first-order valence-electron chi connectivity index (χ1n) is 6.69. The number of nitrogens with one attached hydrogen (secondary N) is 1. The maximum atomic E-state index is 12.0. The first-order chi connectivity index (χ1) is 9.75. The molecule has 112 valence electrons. The minimum atomic E-state index is -1.11. The molecule has 1 N–H and O–H groups in total. The molecule has 1 heterocycles. The van der Waals surface area contributed by atoms with Crippen LogP contribution in [-0.4, -0.2) is 18.0 Å². The SMILES string of the molecule is CC(C)(C)OC(=O)NC(C)(C=O)c1csc2ccccc12. The molecule has 0 fully saturated rings. The average molecular weight is 305 g/mol. The second kappa shape index (κ2) is 5.48. The zero-order chi connectivity index (χ0) is 15.7. The number of alkyl carbamates (subject to hydrolysis) is 1. The summed E-state index contributed by atoms with van der Waals surface area (Å²) in [4.78, 5) is 23.6. The van der Waals surface area contributed by atoms with Crippen molar-refractivity contribution in [3.8, 4) is 0 Å². The lowest BCUT2D eigenvalue weighted by atomic mass is 9.93. The molecule has 1 unspecified atom stereocenters. The van der Waals surface area contributed by atoms with Gasteiger partial charge in [-0.25, -0.2) is 4.79 Å². The number of carbonyl (C=O) groups is 2. The number of thiophene rings is 1. The van der Waals surface area contributed by atoms with Crippen LogP contribution in [0, 0.1) is 0 Å². The number of carbonyl (C=O) groups excluding carboxylic acids is 2. The fourth-order valence-corrected chi connectivity index (χ4v) is 3.13. The molecule has 0 aliphatic heterocycles. The van der Waals surface area contributed by atoms with Gasteiger partial charge < -0.3 is 14.8 Å². The predicted molar refractivity (Wildman–Crippen MR) is 84.6 cm³/mol. The third-order valence-electron chi connectivity index (χ3n) is 3.04. The first kappa shape index (κ1) is 15.5. The molecule has 1 aromatic carbocycles. The summed E-state index contributed by atoms with van der Waals surface area (Å²) in [6, 6.07) is 7.79. The van der Waals surface area contributed by atoms with Crippen molar-refractivity contribution in [3.05, 3.63) is 35.2 Å². The number of fused-ring (bicyclic) bond motifs is 1. The van der Waals surface area contributed by atoms with Crippen LogP contribution in [0.15, 0.2) is 29.6 Å².